The van der Waals surface area contributed by atoms with Crippen LogP contribution in [-0.2, 0) is 6.18 Å². The highest BCUT2D eigenvalue weighted by Crippen LogP contribution is 2.52. The van der Waals surface area contributed by atoms with Gasteiger partial charge in [0.05, 0.1) is 33.8 Å². The maximum Gasteiger partial charge on any atom is 0.416 e. The molecular weight excluding hydrogens is 517 g/mol. The monoisotopic (exact) mass is 536 g/mol. The second kappa shape index (κ2) is 8.99. The fourth-order valence-corrected chi connectivity index (χ4v) is 5.75. The van der Waals surface area contributed by atoms with Crippen molar-refractivity contribution in [3.63, 3.8) is 0 Å². The minimum absolute atomic E-state index is 0.599. The van der Waals surface area contributed by atoms with Gasteiger partial charge in [0, 0.05) is 21.4 Å². The number of pyridine rings is 1. The van der Waals surface area contributed by atoms with Crippen molar-refractivity contribution in [1.82, 2.24) is 4.98 Å². The number of ether oxygens (including phenoxy) is 1. The fourth-order valence-electron chi connectivity index (χ4n) is 4.99. The zero-order valence-corrected chi connectivity index (χ0v) is 21.1. The van der Waals surface area contributed by atoms with E-state index in [1.54, 1.807) is 11.3 Å². The summed E-state index contributed by atoms with van der Waals surface area (Å²) in [6, 6.07) is 32.9. The third-order valence-electron chi connectivity index (χ3n) is 6.79. The molecule has 7 heteroatoms. The van der Waals surface area contributed by atoms with E-state index in [1.165, 1.54) is 12.1 Å². The molecular formula is C32H19F3N2OS. The second-order valence-electron chi connectivity index (χ2n) is 9.15. The first-order valence-electron chi connectivity index (χ1n) is 12.3. The van der Waals surface area contributed by atoms with E-state index in [2.05, 4.69) is 4.90 Å². The number of benzene rings is 4. The molecule has 0 saturated carbocycles. The number of thiophene rings is 1. The first-order valence-corrected chi connectivity index (χ1v) is 13.2. The van der Waals surface area contributed by atoms with Crippen LogP contribution >= 0.6 is 11.3 Å². The maximum absolute atomic E-state index is 13.3. The molecule has 2 aromatic heterocycles. The lowest BCUT2D eigenvalue weighted by atomic mass is 10.0. The number of anilines is 3. The summed E-state index contributed by atoms with van der Waals surface area (Å²) in [4.78, 5) is 8.26. The van der Waals surface area contributed by atoms with Gasteiger partial charge in [0.1, 0.15) is 0 Å². The zero-order chi connectivity index (χ0) is 26.6. The first-order chi connectivity index (χ1) is 19.0. The van der Waals surface area contributed by atoms with Crippen LogP contribution in [0.5, 0.6) is 11.5 Å². The Hall–Kier alpha value is -4.62. The normalized spacial score (nSPS) is 12.6. The number of hydrogen-bond acceptors (Lipinski definition) is 4. The topological polar surface area (TPSA) is 25.4 Å². The Labute approximate surface area is 226 Å². The van der Waals surface area contributed by atoms with Crippen molar-refractivity contribution < 1.29 is 17.9 Å². The van der Waals surface area contributed by atoms with Crippen molar-refractivity contribution in [2.24, 2.45) is 0 Å². The SMILES string of the molecule is FC(F)(F)c1ccc(-c2cc(-c3cccs3)c3cccc(N4c5ccccc5Oc5ccccc54)c3n2)cc1. The largest absolute Gasteiger partial charge is 0.453 e. The average Bonchev–Trinajstić information content (AvgIpc) is 3.50. The molecule has 0 amide bonds. The highest BCUT2D eigenvalue weighted by molar-refractivity contribution is 7.13. The van der Waals surface area contributed by atoms with Crippen molar-refractivity contribution in [3.8, 4) is 33.2 Å². The smallest absolute Gasteiger partial charge is 0.416 e. The van der Waals surface area contributed by atoms with E-state index in [4.69, 9.17) is 9.72 Å². The molecule has 0 atom stereocenters. The molecule has 0 unspecified atom stereocenters. The van der Waals surface area contributed by atoms with Crippen LogP contribution in [0.25, 0.3) is 32.6 Å². The molecule has 0 fully saturated rings. The number of para-hydroxylation sites is 5. The van der Waals surface area contributed by atoms with Crippen molar-refractivity contribution in [3.05, 3.63) is 120 Å². The van der Waals surface area contributed by atoms with Gasteiger partial charge in [-0.1, -0.05) is 54.6 Å². The van der Waals surface area contributed by atoms with Gasteiger partial charge in [-0.2, -0.15) is 13.2 Å². The Morgan fingerprint density at radius 2 is 1.36 bits per heavy atom. The minimum Gasteiger partial charge on any atom is -0.453 e. The number of hydrogen-bond donors (Lipinski definition) is 0. The highest BCUT2D eigenvalue weighted by Gasteiger charge is 2.30. The van der Waals surface area contributed by atoms with Gasteiger partial charge >= 0.3 is 6.18 Å². The molecule has 0 aliphatic carbocycles. The van der Waals surface area contributed by atoms with Gasteiger partial charge in [-0.25, -0.2) is 4.98 Å². The van der Waals surface area contributed by atoms with Gasteiger partial charge in [-0.15, -0.1) is 11.3 Å². The van der Waals surface area contributed by atoms with E-state index in [0.29, 0.717) is 11.3 Å². The van der Waals surface area contributed by atoms with E-state index in [1.807, 2.05) is 90.3 Å². The number of alkyl halides is 3. The molecule has 0 spiro atoms. The molecule has 3 nitrogen and oxygen atoms in total. The van der Waals surface area contributed by atoms with E-state index in [9.17, 15) is 13.2 Å². The maximum atomic E-state index is 13.3. The van der Waals surface area contributed by atoms with Gasteiger partial charge in [0.25, 0.3) is 0 Å². The van der Waals surface area contributed by atoms with Crippen LogP contribution in [0.4, 0.5) is 30.2 Å². The van der Waals surface area contributed by atoms with E-state index in [0.717, 1.165) is 62.0 Å². The highest BCUT2D eigenvalue weighted by atomic mass is 32.1. The van der Waals surface area contributed by atoms with E-state index < -0.39 is 11.7 Å². The Morgan fingerprint density at radius 1 is 0.692 bits per heavy atom. The van der Waals surface area contributed by atoms with Gasteiger partial charge in [-0.05, 0) is 60.0 Å². The summed E-state index contributed by atoms with van der Waals surface area (Å²) >= 11 is 1.61. The fraction of sp³-hybridized carbons (Fsp3) is 0.0312. The lowest BCUT2D eigenvalue weighted by Gasteiger charge is -2.33. The standard InChI is InChI=1S/C32H19F3N2OS/c33-32(34,35)21-16-14-20(15-17-21)24-19-23(30-13-6-18-39-30)22-7-5-10-27(31(22)36-24)37-25-8-1-3-11-28(25)38-29-12-4-2-9-26(29)37/h1-19H. The van der Waals surface area contributed by atoms with Crippen LogP contribution in [0, 0.1) is 0 Å². The second-order valence-corrected chi connectivity index (χ2v) is 10.1. The summed E-state index contributed by atoms with van der Waals surface area (Å²) in [6.07, 6.45) is -4.40. The van der Waals surface area contributed by atoms with Crippen molar-refractivity contribution in [1.29, 1.82) is 0 Å². The Bertz CT molecular complexity index is 1780. The summed E-state index contributed by atoms with van der Waals surface area (Å²) in [5.41, 5.74) is 4.84. The van der Waals surface area contributed by atoms with Gasteiger partial charge in [0.15, 0.2) is 11.5 Å². The summed E-state index contributed by atoms with van der Waals surface area (Å²) in [6.45, 7) is 0. The van der Waals surface area contributed by atoms with Crippen LogP contribution in [0.15, 0.2) is 115 Å². The predicted octanol–water partition coefficient (Wildman–Crippen LogP) is 10.2. The Kier molecular flexibility index (Phi) is 5.42. The molecule has 4 aromatic carbocycles. The van der Waals surface area contributed by atoms with Crippen LogP contribution < -0.4 is 9.64 Å². The van der Waals surface area contributed by atoms with Gasteiger partial charge in [-0.3, -0.25) is 0 Å². The van der Waals surface area contributed by atoms with Gasteiger partial charge < -0.3 is 9.64 Å². The summed E-state index contributed by atoms with van der Waals surface area (Å²) < 4.78 is 46.0. The molecule has 0 N–H and O–H groups in total. The first kappa shape index (κ1) is 23.5. The number of fused-ring (bicyclic) bond motifs is 3. The number of aromatic nitrogens is 1. The van der Waals surface area contributed by atoms with Crippen LogP contribution in [0.2, 0.25) is 0 Å². The van der Waals surface area contributed by atoms with Crippen LogP contribution in [-0.4, -0.2) is 4.98 Å². The molecule has 3 heterocycles. The van der Waals surface area contributed by atoms with Crippen LogP contribution in [0.1, 0.15) is 5.56 Å². The predicted molar refractivity (Wildman–Crippen MR) is 150 cm³/mol. The average molecular weight is 537 g/mol. The number of halogens is 3. The van der Waals surface area contributed by atoms with Gasteiger partial charge in [0.2, 0.25) is 0 Å². The zero-order valence-electron chi connectivity index (χ0n) is 20.3. The van der Waals surface area contributed by atoms with E-state index in [-0.39, 0.29) is 0 Å². The Morgan fingerprint density at radius 3 is 2.00 bits per heavy atom. The summed E-state index contributed by atoms with van der Waals surface area (Å²) in [7, 11) is 0. The Balaban J connectivity index is 1.50. The number of rotatable bonds is 3. The molecule has 1 aliphatic heterocycles. The summed E-state index contributed by atoms with van der Waals surface area (Å²) in [5, 5.41) is 2.96. The van der Waals surface area contributed by atoms with Crippen LogP contribution in [0.3, 0.4) is 0 Å². The summed E-state index contributed by atoms with van der Waals surface area (Å²) in [5.74, 6) is 1.45. The molecule has 39 heavy (non-hydrogen) atoms. The molecule has 0 bridgehead atoms. The van der Waals surface area contributed by atoms with Crippen molar-refractivity contribution in [2.75, 3.05) is 4.90 Å². The number of nitrogens with zero attached hydrogens (tertiary/aromatic N) is 2. The molecule has 0 saturated heterocycles. The third-order valence-corrected chi connectivity index (χ3v) is 7.69. The van der Waals surface area contributed by atoms with Crippen molar-refractivity contribution in [2.45, 2.75) is 6.18 Å². The third kappa shape index (κ3) is 4.02. The lowest BCUT2D eigenvalue weighted by Crippen LogP contribution is -2.16. The lowest BCUT2D eigenvalue weighted by molar-refractivity contribution is -0.137. The molecule has 1 aliphatic rings. The van der Waals surface area contributed by atoms with E-state index >= 15 is 0 Å². The van der Waals surface area contributed by atoms with Crippen molar-refractivity contribution >= 4 is 39.3 Å². The minimum atomic E-state index is -4.40. The molecule has 6 aromatic rings. The molecule has 190 valence electrons. The quantitative estimate of drug-likeness (QED) is 0.225. The molecule has 7 rings (SSSR count). The molecule has 0 radical (unpaired) electrons.